The molecule has 2 amide bonds. The highest BCUT2D eigenvalue weighted by molar-refractivity contribution is 5.79. The van der Waals surface area contributed by atoms with Crippen LogP contribution in [0.15, 0.2) is 0 Å². The fourth-order valence-corrected chi connectivity index (χ4v) is 13.3. The van der Waals surface area contributed by atoms with Gasteiger partial charge >= 0.3 is 0 Å². The standard InChI is InChI=1S/C59H108N8O4/c68-56(28-46-64-38-20-52(21-39-64)10-4-8-50-16-34-60-35-17-50)14-2-1-3-15-57(69)29-47-65-40-22-54(23-41-65)12-6-13-55-26-44-67(45-27-55)49-31-59(71)63-33-7-32-62-58(70)30-48-66-42-24-53(25-43-66)11-5-9-51-18-36-61-37-19-51/h50-55,60-61H,1-49H2,(H,62,70)(H,63,71). The first-order valence-electron chi connectivity index (χ1n) is 30.7. The third-order valence-electron chi connectivity index (χ3n) is 18.6. The normalized spacial score (nSPS) is 22.0. The Hall–Kier alpha value is -1.96. The van der Waals surface area contributed by atoms with Crippen LogP contribution < -0.4 is 21.3 Å². The van der Waals surface area contributed by atoms with E-state index in [-0.39, 0.29) is 11.8 Å². The Balaban J connectivity index is 0.652. The minimum atomic E-state index is 0.126. The lowest BCUT2D eigenvalue weighted by Crippen LogP contribution is -2.38. The second-order valence-electron chi connectivity index (χ2n) is 24.0. The molecule has 0 aromatic heterocycles. The number of ketones is 2. The van der Waals surface area contributed by atoms with Crippen molar-refractivity contribution in [3.05, 3.63) is 0 Å². The van der Waals surface area contributed by atoms with E-state index >= 15 is 0 Å². The van der Waals surface area contributed by atoms with Gasteiger partial charge in [-0.3, -0.25) is 19.2 Å². The highest BCUT2D eigenvalue weighted by atomic mass is 16.2. The molecular weight excluding hydrogens is 885 g/mol. The number of nitrogens with zero attached hydrogens (tertiary/aromatic N) is 4. The number of piperidine rings is 6. The predicted octanol–water partition coefficient (Wildman–Crippen LogP) is 8.62. The Labute approximate surface area is 434 Å². The molecule has 0 saturated carbocycles. The van der Waals surface area contributed by atoms with E-state index in [2.05, 4.69) is 40.9 Å². The van der Waals surface area contributed by atoms with Crippen molar-refractivity contribution in [3.63, 3.8) is 0 Å². The molecule has 0 unspecified atom stereocenters. The summed E-state index contributed by atoms with van der Waals surface area (Å²) >= 11 is 0. The van der Waals surface area contributed by atoms with Gasteiger partial charge in [-0.2, -0.15) is 0 Å². The first-order valence-corrected chi connectivity index (χ1v) is 30.7. The zero-order valence-electron chi connectivity index (χ0n) is 45.5. The molecule has 71 heavy (non-hydrogen) atoms. The second-order valence-corrected chi connectivity index (χ2v) is 24.0. The van der Waals surface area contributed by atoms with Crippen LogP contribution in [0.2, 0.25) is 0 Å². The first kappa shape index (κ1) is 58.3. The van der Waals surface area contributed by atoms with Gasteiger partial charge in [-0.15, -0.1) is 0 Å². The van der Waals surface area contributed by atoms with E-state index in [9.17, 15) is 19.2 Å². The summed E-state index contributed by atoms with van der Waals surface area (Å²) in [5, 5.41) is 13.1. The van der Waals surface area contributed by atoms with Crippen LogP contribution in [0, 0.1) is 35.5 Å². The Bertz CT molecular complexity index is 1330. The Morgan fingerprint density at radius 3 is 0.915 bits per heavy atom. The van der Waals surface area contributed by atoms with Crippen LogP contribution in [0.25, 0.3) is 0 Å². The maximum Gasteiger partial charge on any atom is 0.221 e. The third kappa shape index (κ3) is 25.4. The monoisotopic (exact) mass is 993 g/mol. The molecule has 6 rings (SSSR count). The number of Topliss-reactive ketones (excluding diaryl/α,β-unsaturated/α-hetero) is 2. The number of unbranched alkanes of at least 4 members (excludes halogenated alkanes) is 2. The number of hydrogen-bond donors (Lipinski definition) is 4. The van der Waals surface area contributed by atoms with Crippen molar-refractivity contribution >= 4 is 23.4 Å². The largest absolute Gasteiger partial charge is 0.356 e. The van der Waals surface area contributed by atoms with Crippen molar-refractivity contribution < 1.29 is 19.2 Å². The van der Waals surface area contributed by atoms with E-state index in [1.807, 2.05) is 0 Å². The molecule has 6 aliphatic rings. The molecule has 0 radical (unpaired) electrons. The first-order chi connectivity index (χ1) is 34.8. The molecule has 0 aromatic carbocycles. The number of carbonyl (C=O) groups is 4. The highest BCUT2D eigenvalue weighted by Gasteiger charge is 2.25. The minimum Gasteiger partial charge on any atom is -0.356 e. The maximum atomic E-state index is 12.7. The van der Waals surface area contributed by atoms with Gasteiger partial charge in [0.25, 0.3) is 0 Å². The van der Waals surface area contributed by atoms with Crippen LogP contribution >= 0.6 is 0 Å². The van der Waals surface area contributed by atoms with E-state index in [4.69, 9.17) is 0 Å². The van der Waals surface area contributed by atoms with Gasteiger partial charge in [-0.05, 0) is 210 Å². The van der Waals surface area contributed by atoms with Gasteiger partial charge in [-0.25, -0.2) is 0 Å². The van der Waals surface area contributed by atoms with Crippen molar-refractivity contribution in [1.82, 2.24) is 40.9 Å². The van der Waals surface area contributed by atoms with Crippen LogP contribution in [0.1, 0.15) is 199 Å². The summed E-state index contributed by atoms with van der Waals surface area (Å²) in [6.45, 7) is 18.7. The van der Waals surface area contributed by atoms with Crippen molar-refractivity contribution in [1.29, 1.82) is 0 Å². The fraction of sp³-hybridized carbons (Fsp3) is 0.932. The van der Waals surface area contributed by atoms with Crippen LogP contribution in [-0.2, 0) is 19.2 Å². The van der Waals surface area contributed by atoms with Gasteiger partial charge in [0, 0.05) is 77.8 Å². The molecule has 0 aliphatic carbocycles. The van der Waals surface area contributed by atoms with Gasteiger partial charge in [0.1, 0.15) is 11.6 Å². The van der Waals surface area contributed by atoms with Crippen LogP contribution in [0.3, 0.4) is 0 Å². The van der Waals surface area contributed by atoms with Crippen molar-refractivity contribution in [2.75, 3.05) is 118 Å². The second kappa shape index (κ2) is 35.3. The molecule has 0 spiro atoms. The smallest absolute Gasteiger partial charge is 0.221 e. The number of carbonyl (C=O) groups excluding carboxylic acids is 4. The lowest BCUT2D eigenvalue weighted by atomic mass is 9.87. The van der Waals surface area contributed by atoms with Crippen molar-refractivity contribution in [2.45, 2.75) is 199 Å². The molecular formula is C59H108N8O4. The number of amides is 2. The number of likely N-dealkylation sites (tertiary alicyclic amines) is 4. The van der Waals surface area contributed by atoms with Gasteiger partial charge < -0.3 is 40.9 Å². The summed E-state index contributed by atoms with van der Waals surface area (Å²) in [5.74, 6) is 6.38. The van der Waals surface area contributed by atoms with E-state index in [1.54, 1.807) is 0 Å². The molecule has 6 fully saturated rings. The van der Waals surface area contributed by atoms with E-state index in [1.165, 1.54) is 174 Å². The van der Waals surface area contributed by atoms with Crippen molar-refractivity contribution in [2.24, 2.45) is 35.5 Å². The van der Waals surface area contributed by atoms with Crippen LogP contribution in [0.4, 0.5) is 0 Å². The Morgan fingerprint density at radius 2 is 0.606 bits per heavy atom. The minimum absolute atomic E-state index is 0.126. The average Bonchev–Trinajstić information content (AvgIpc) is 3.40. The SMILES string of the molecule is O=C(CCCCCC(=O)CCN1CCC(CCCC2CCN(CCC(=O)NCCCNC(=O)CCN3CCC(CCCC4CCNCC4)CC3)CC2)CC1)CCN1CCC(CCCC2CCNCC2)CC1. The molecule has 12 nitrogen and oxygen atoms in total. The van der Waals surface area contributed by atoms with Gasteiger partial charge in [0.15, 0.2) is 0 Å². The van der Waals surface area contributed by atoms with E-state index < -0.39 is 0 Å². The van der Waals surface area contributed by atoms with Crippen molar-refractivity contribution in [3.8, 4) is 0 Å². The zero-order valence-corrected chi connectivity index (χ0v) is 45.5. The maximum absolute atomic E-state index is 12.7. The molecule has 0 atom stereocenters. The summed E-state index contributed by atoms with van der Waals surface area (Å²) in [6, 6.07) is 0. The van der Waals surface area contributed by atoms with Gasteiger partial charge in [-0.1, -0.05) is 64.2 Å². The molecule has 12 heteroatoms. The lowest BCUT2D eigenvalue weighted by molar-refractivity contribution is -0.122. The topological polar surface area (TPSA) is 129 Å². The van der Waals surface area contributed by atoms with Crippen LogP contribution in [-0.4, -0.2) is 161 Å². The Morgan fingerprint density at radius 1 is 0.324 bits per heavy atom. The zero-order chi connectivity index (χ0) is 49.6. The number of nitrogens with one attached hydrogen (secondary N) is 4. The van der Waals surface area contributed by atoms with Gasteiger partial charge in [0.2, 0.25) is 11.8 Å². The molecule has 0 bridgehead atoms. The summed E-state index contributed by atoms with van der Waals surface area (Å²) in [5.41, 5.74) is 0. The molecule has 4 N–H and O–H groups in total. The Kier molecular flexibility index (Phi) is 29.0. The number of rotatable bonds is 34. The van der Waals surface area contributed by atoms with Gasteiger partial charge in [0.05, 0.1) is 0 Å². The summed E-state index contributed by atoms with van der Waals surface area (Å²) < 4.78 is 0. The summed E-state index contributed by atoms with van der Waals surface area (Å²) in [4.78, 5) is 60.3. The van der Waals surface area contributed by atoms with E-state index in [0.717, 1.165) is 127 Å². The molecule has 0 aromatic rings. The number of hydrogen-bond acceptors (Lipinski definition) is 10. The molecule has 6 heterocycles. The van der Waals surface area contributed by atoms with Crippen LogP contribution in [0.5, 0.6) is 0 Å². The predicted molar refractivity (Wildman–Crippen MR) is 292 cm³/mol. The summed E-state index contributed by atoms with van der Waals surface area (Å²) in [6.07, 6.45) is 35.6. The summed E-state index contributed by atoms with van der Waals surface area (Å²) in [7, 11) is 0. The highest BCUT2D eigenvalue weighted by Crippen LogP contribution is 2.30. The third-order valence-corrected chi connectivity index (χ3v) is 18.6. The van der Waals surface area contributed by atoms with E-state index in [0.29, 0.717) is 63.2 Å². The molecule has 6 aliphatic heterocycles. The average molecular weight is 994 g/mol. The molecule has 408 valence electrons. The quantitative estimate of drug-likeness (QED) is 0.0466. The lowest BCUT2D eigenvalue weighted by Gasteiger charge is -2.33. The fourth-order valence-electron chi connectivity index (χ4n) is 13.3. The molecule has 6 saturated heterocycles.